The van der Waals surface area contributed by atoms with E-state index in [9.17, 15) is 9.90 Å². The zero-order valence-corrected chi connectivity index (χ0v) is 24.1. The molecule has 0 radical (unpaired) electrons. The summed E-state index contributed by atoms with van der Waals surface area (Å²) < 4.78 is 11.1. The first-order valence-electron chi connectivity index (χ1n) is 14.3. The van der Waals surface area contributed by atoms with Gasteiger partial charge in [0.2, 0.25) is 5.91 Å². The third-order valence-corrected chi connectivity index (χ3v) is 7.84. The van der Waals surface area contributed by atoms with E-state index < -0.39 is 6.10 Å². The van der Waals surface area contributed by atoms with Gasteiger partial charge in [-0.25, -0.2) is 0 Å². The van der Waals surface area contributed by atoms with Gasteiger partial charge in [0.15, 0.2) is 0 Å². The van der Waals surface area contributed by atoms with Gasteiger partial charge in [0, 0.05) is 38.1 Å². The third-order valence-electron chi connectivity index (χ3n) is 7.84. The van der Waals surface area contributed by atoms with Gasteiger partial charge in [0.25, 0.3) is 0 Å². The highest BCUT2D eigenvalue weighted by molar-refractivity contribution is 5.79. The summed E-state index contributed by atoms with van der Waals surface area (Å²) in [6, 6.07) is 6.25. The number of piperidine rings is 1. The van der Waals surface area contributed by atoms with Gasteiger partial charge in [0.05, 0.1) is 12.7 Å². The zero-order valence-electron chi connectivity index (χ0n) is 24.1. The van der Waals surface area contributed by atoms with E-state index in [0.717, 1.165) is 50.1 Å². The first-order valence-corrected chi connectivity index (χ1v) is 14.3. The fourth-order valence-corrected chi connectivity index (χ4v) is 5.10. The van der Waals surface area contributed by atoms with Crippen LogP contribution in [0.25, 0.3) is 0 Å². The Morgan fingerprint density at radius 1 is 1.14 bits per heavy atom. The van der Waals surface area contributed by atoms with E-state index >= 15 is 0 Å². The number of methoxy groups -OCH3 is 1. The number of amides is 1. The van der Waals surface area contributed by atoms with E-state index in [4.69, 9.17) is 15.2 Å². The van der Waals surface area contributed by atoms with Crippen LogP contribution in [0.1, 0.15) is 70.9 Å². The SMILES string of the molecule is COCCCOc1cc(CC(C[C@H](N)C(O)C[C@H](C(=O)NC2CCNCC2)C(C)C)C(C)C)ccc1C. The smallest absolute Gasteiger partial charge is 0.223 e. The predicted molar refractivity (Wildman–Crippen MR) is 151 cm³/mol. The molecule has 7 nitrogen and oxygen atoms in total. The summed E-state index contributed by atoms with van der Waals surface area (Å²) in [5.41, 5.74) is 8.90. The predicted octanol–water partition coefficient (Wildman–Crippen LogP) is 3.83. The second kappa shape index (κ2) is 16.3. The van der Waals surface area contributed by atoms with E-state index in [0.29, 0.717) is 37.9 Å². The molecule has 0 saturated carbocycles. The summed E-state index contributed by atoms with van der Waals surface area (Å²) in [7, 11) is 1.70. The van der Waals surface area contributed by atoms with Gasteiger partial charge in [-0.05, 0) is 87.1 Å². The third kappa shape index (κ3) is 10.9. The van der Waals surface area contributed by atoms with Crippen LogP contribution in [-0.4, -0.2) is 62.6 Å². The van der Waals surface area contributed by atoms with Crippen molar-refractivity contribution in [3.63, 3.8) is 0 Å². The molecular formula is C30H53N3O4. The van der Waals surface area contributed by atoms with Crippen molar-refractivity contribution < 1.29 is 19.4 Å². The lowest BCUT2D eigenvalue weighted by molar-refractivity contribution is -0.128. The minimum atomic E-state index is -0.717. The maximum atomic E-state index is 13.1. The number of nitrogens with two attached hydrogens (primary N) is 1. The van der Waals surface area contributed by atoms with Gasteiger partial charge in [-0.2, -0.15) is 0 Å². The van der Waals surface area contributed by atoms with Gasteiger partial charge in [0.1, 0.15) is 5.75 Å². The van der Waals surface area contributed by atoms with Crippen LogP contribution >= 0.6 is 0 Å². The number of carbonyl (C=O) groups is 1. The highest BCUT2D eigenvalue weighted by Crippen LogP contribution is 2.28. The lowest BCUT2D eigenvalue weighted by Gasteiger charge is -2.31. The molecule has 2 unspecified atom stereocenters. The van der Waals surface area contributed by atoms with Gasteiger partial charge in [-0.1, -0.05) is 39.8 Å². The number of carbonyl (C=O) groups excluding carboxylic acids is 1. The lowest BCUT2D eigenvalue weighted by atomic mass is 9.80. The van der Waals surface area contributed by atoms with Crippen LogP contribution in [0.4, 0.5) is 0 Å². The van der Waals surface area contributed by atoms with Crippen LogP contribution in [0.15, 0.2) is 18.2 Å². The molecule has 5 N–H and O–H groups in total. The number of aryl methyl sites for hydroxylation is 1. The fourth-order valence-electron chi connectivity index (χ4n) is 5.10. The summed E-state index contributed by atoms with van der Waals surface area (Å²) in [4.78, 5) is 13.1. The number of aliphatic hydroxyl groups is 1. The molecule has 0 aromatic heterocycles. The van der Waals surface area contributed by atoms with E-state index in [1.165, 1.54) is 5.56 Å². The van der Waals surface area contributed by atoms with E-state index in [-0.39, 0.29) is 29.8 Å². The lowest BCUT2D eigenvalue weighted by Crippen LogP contribution is -2.47. The van der Waals surface area contributed by atoms with Crippen molar-refractivity contribution in [1.29, 1.82) is 0 Å². The second-order valence-corrected chi connectivity index (χ2v) is 11.6. The van der Waals surface area contributed by atoms with Crippen LogP contribution in [0.2, 0.25) is 0 Å². The standard InChI is InChI=1S/C30H53N3O4/c1-20(2)24(16-23-9-8-22(5)29(17-23)37-15-7-14-36-6)18-27(31)28(34)19-26(21(3)4)30(35)33-25-10-12-32-13-11-25/h8-9,17,20-21,24-28,32,34H,7,10-16,18-19,31H2,1-6H3,(H,33,35)/t24?,26-,27-,28?/m0/s1. The van der Waals surface area contributed by atoms with Crippen molar-refractivity contribution in [1.82, 2.24) is 10.6 Å². The number of aliphatic hydroxyl groups excluding tert-OH is 1. The number of rotatable bonds is 16. The molecule has 7 heteroatoms. The van der Waals surface area contributed by atoms with Crippen molar-refractivity contribution in [3.8, 4) is 5.75 Å². The average molecular weight is 520 g/mol. The molecule has 212 valence electrons. The molecule has 0 spiro atoms. The Kier molecular flexibility index (Phi) is 13.9. The average Bonchev–Trinajstić information content (AvgIpc) is 2.86. The van der Waals surface area contributed by atoms with Crippen LogP contribution in [0, 0.1) is 30.6 Å². The molecule has 1 fully saturated rings. The molecule has 1 aromatic carbocycles. The Morgan fingerprint density at radius 3 is 2.46 bits per heavy atom. The summed E-state index contributed by atoms with van der Waals surface area (Å²) in [6.45, 7) is 13.8. The largest absolute Gasteiger partial charge is 0.493 e. The number of nitrogens with one attached hydrogen (secondary N) is 2. The van der Waals surface area contributed by atoms with Crippen molar-refractivity contribution in [2.45, 2.75) is 91.3 Å². The van der Waals surface area contributed by atoms with Crippen molar-refractivity contribution >= 4 is 5.91 Å². The molecule has 2 rings (SSSR count). The minimum absolute atomic E-state index is 0.0474. The van der Waals surface area contributed by atoms with Gasteiger partial charge < -0.3 is 30.9 Å². The van der Waals surface area contributed by atoms with Crippen molar-refractivity contribution in [2.24, 2.45) is 29.4 Å². The molecule has 1 saturated heterocycles. The summed E-state index contributed by atoms with van der Waals surface area (Å²) in [5, 5.41) is 17.6. The molecule has 0 aliphatic carbocycles. The minimum Gasteiger partial charge on any atom is -0.493 e. The van der Waals surface area contributed by atoms with E-state index in [2.05, 4.69) is 49.6 Å². The first kappa shape index (κ1) is 31.5. The topological polar surface area (TPSA) is 106 Å². The van der Waals surface area contributed by atoms with Crippen LogP contribution < -0.4 is 21.1 Å². The van der Waals surface area contributed by atoms with Gasteiger partial charge >= 0.3 is 0 Å². The Balaban J connectivity index is 1.97. The Hall–Kier alpha value is -1.67. The molecule has 1 aromatic rings. The van der Waals surface area contributed by atoms with E-state index in [1.807, 2.05) is 13.8 Å². The number of hydrogen-bond donors (Lipinski definition) is 4. The monoisotopic (exact) mass is 519 g/mol. The van der Waals surface area contributed by atoms with Crippen molar-refractivity contribution in [3.05, 3.63) is 29.3 Å². The maximum Gasteiger partial charge on any atom is 0.223 e. The highest BCUT2D eigenvalue weighted by atomic mass is 16.5. The zero-order chi connectivity index (χ0) is 27.4. The Bertz CT molecular complexity index is 795. The van der Waals surface area contributed by atoms with Crippen LogP contribution in [0.5, 0.6) is 5.75 Å². The molecule has 1 aliphatic heterocycles. The van der Waals surface area contributed by atoms with E-state index in [1.54, 1.807) is 7.11 Å². The number of hydrogen-bond acceptors (Lipinski definition) is 6. The summed E-state index contributed by atoms with van der Waals surface area (Å²) >= 11 is 0. The molecule has 0 bridgehead atoms. The van der Waals surface area contributed by atoms with Crippen LogP contribution in [-0.2, 0) is 16.0 Å². The fraction of sp³-hybridized carbons (Fsp3) is 0.767. The normalized spacial score (nSPS) is 18.0. The molecule has 1 amide bonds. The Labute approximate surface area is 225 Å². The van der Waals surface area contributed by atoms with Gasteiger partial charge in [-0.15, -0.1) is 0 Å². The molecule has 4 atom stereocenters. The number of ether oxygens (including phenoxy) is 2. The number of benzene rings is 1. The molecular weight excluding hydrogens is 466 g/mol. The highest BCUT2D eigenvalue weighted by Gasteiger charge is 2.31. The molecule has 1 heterocycles. The van der Waals surface area contributed by atoms with Crippen LogP contribution in [0.3, 0.4) is 0 Å². The quantitative estimate of drug-likeness (QED) is 0.247. The Morgan fingerprint density at radius 2 is 1.84 bits per heavy atom. The molecule has 37 heavy (non-hydrogen) atoms. The maximum absolute atomic E-state index is 13.1. The summed E-state index contributed by atoms with van der Waals surface area (Å²) in [6.07, 6.45) is 4.01. The first-order chi connectivity index (χ1) is 17.6. The summed E-state index contributed by atoms with van der Waals surface area (Å²) in [5.74, 6) is 1.58. The van der Waals surface area contributed by atoms with Gasteiger partial charge in [-0.3, -0.25) is 4.79 Å². The van der Waals surface area contributed by atoms with Crippen molar-refractivity contribution in [2.75, 3.05) is 33.4 Å². The second-order valence-electron chi connectivity index (χ2n) is 11.6. The molecule has 1 aliphatic rings.